The fourth-order valence-electron chi connectivity index (χ4n) is 4.04. The van der Waals surface area contributed by atoms with E-state index in [-0.39, 0.29) is 16.9 Å². The Morgan fingerprint density at radius 1 is 1.26 bits per heavy atom. The van der Waals surface area contributed by atoms with Crippen LogP contribution in [0.2, 0.25) is 0 Å². The average molecular weight is 386 g/mol. The number of aromatic nitrogens is 2. The molecule has 2 aliphatic rings. The van der Waals surface area contributed by atoms with Gasteiger partial charge in [-0.2, -0.15) is 0 Å². The Hall–Kier alpha value is -1.79. The van der Waals surface area contributed by atoms with E-state index in [1.807, 2.05) is 17.8 Å². The molecule has 5 nitrogen and oxygen atoms in total. The lowest BCUT2D eigenvalue weighted by Crippen LogP contribution is -2.29. The molecule has 1 saturated heterocycles. The zero-order valence-corrected chi connectivity index (χ0v) is 17.3. The fraction of sp³-hybridized carbons (Fsp3) is 0.524. The van der Waals surface area contributed by atoms with Gasteiger partial charge in [-0.25, -0.2) is 4.79 Å². The van der Waals surface area contributed by atoms with Gasteiger partial charge in [0.25, 0.3) is 0 Å². The maximum absolute atomic E-state index is 13.0. The second-order valence-corrected chi connectivity index (χ2v) is 9.58. The maximum atomic E-state index is 13.0. The first kappa shape index (κ1) is 18.6. The molecule has 1 N–H and O–H groups in total. The van der Waals surface area contributed by atoms with Crippen molar-refractivity contribution in [3.05, 3.63) is 45.6 Å². The summed E-state index contributed by atoms with van der Waals surface area (Å²) in [5, 5.41) is 3.38. The van der Waals surface area contributed by atoms with Crippen LogP contribution in [-0.4, -0.2) is 27.2 Å². The number of hydrogen-bond donors (Lipinski definition) is 1. The second-order valence-electron chi connectivity index (χ2n) is 8.44. The Morgan fingerprint density at radius 2 is 2.00 bits per heavy atom. The Kier molecular flexibility index (Phi) is 4.59. The predicted octanol–water partition coefficient (Wildman–Crippen LogP) is 3.48. The van der Waals surface area contributed by atoms with Crippen molar-refractivity contribution >= 4 is 17.5 Å². The summed E-state index contributed by atoms with van der Waals surface area (Å²) in [5.74, 6) is 1.12. The molecule has 27 heavy (non-hydrogen) atoms. The standard InChI is InChI=1S/C21H27N3O2S/c1-5-8-27-18-9-13(6-7-14(18)15-12-22-15)24-16-10-21(2,3)11-17(25)19(16)23(4)20(24)26/h6-7,9,15,22H,5,8,10-12H2,1-4H3. The minimum atomic E-state index is -0.130. The van der Waals surface area contributed by atoms with E-state index in [1.54, 1.807) is 11.6 Å². The van der Waals surface area contributed by atoms with Crippen molar-refractivity contribution in [1.82, 2.24) is 14.5 Å². The molecular formula is C21H27N3O2S. The maximum Gasteiger partial charge on any atom is 0.333 e. The molecular weight excluding hydrogens is 358 g/mol. The van der Waals surface area contributed by atoms with Crippen LogP contribution in [0.5, 0.6) is 0 Å². The molecule has 1 atom stereocenters. The largest absolute Gasteiger partial charge is 0.333 e. The van der Waals surface area contributed by atoms with Crippen LogP contribution in [0.4, 0.5) is 0 Å². The van der Waals surface area contributed by atoms with E-state index in [4.69, 9.17) is 0 Å². The summed E-state index contributed by atoms with van der Waals surface area (Å²) in [5.41, 5.74) is 3.35. The number of nitrogens with one attached hydrogen (secondary N) is 1. The molecule has 6 heteroatoms. The highest BCUT2D eigenvalue weighted by Crippen LogP contribution is 2.37. The molecule has 0 bridgehead atoms. The summed E-state index contributed by atoms with van der Waals surface area (Å²) >= 11 is 1.85. The van der Waals surface area contributed by atoms with Crippen molar-refractivity contribution in [2.24, 2.45) is 12.5 Å². The van der Waals surface area contributed by atoms with E-state index in [0.717, 1.165) is 36.5 Å². The third-order valence-corrected chi connectivity index (χ3v) is 6.68. The van der Waals surface area contributed by atoms with Crippen LogP contribution in [-0.2, 0) is 13.5 Å². The molecule has 1 aliphatic carbocycles. The summed E-state index contributed by atoms with van der Waals surface area (Å²) in [6, 6.07) is 6.72. The van der Waals surface area contributed by atoms with Gasteiger partial charge in [-0.1, -0.05) is 26.8 Å². The van der Waals surface area contributed by atoms with Crippen LogP contribution in [0, 0.1) is 5.41 Å². The van der Waals surface area contributed by atoms with Gasteiger partial charge in [0.2, 0.25) is 0 Å². The summed E-state index contributed by atoms with van der Waals surface area (Å²) in [6.07, 6.45) is 2.32. The molecule has 1 fully saturated rings. The van der Waals surface area contributed by atoms with Gasteiger partial charge in [-0.05, 0) is 41.7 Å². The molecule has 0 radical (unpaired) electrons. The number of carbonyl (C=O) groups is 1. The van der Waals surface area contributed by atoms with Crippen molar-refractivity contribution in [2.75, 3.05) is 12.3 Å². The highest BCUT2D eigenvalue weighted by atomic mass is 32.2. The molecule has 2 aromatic rings. The topological polar surface area (TPSA) is 65.9 Å². The van der Waals surface area contributed by atoms with Crippen molar-refractivity contribution < 1.29 is 4.79 Å². The number of benzene rings is 1. The lowest BCUT2D eigenvalue weighted by atomic mass is 9.77. The van der Waals surface area contributed by atoms with Crippen LogP contribution in [0.25, 0.3) is 5.69 Å². The number of ketones is 1. The number of nitrogens with zero attached hydrogens (tertiary/aromatic N) is 2. The first-order chi connectivity index (χ1) is 12.8. The van der Waals surface area contributed by atoms with Crippen molar-refractivity contribution in [1.29, 1.82) is 0 Å². The zero-order chi connectivity index (χ0) is 19.3. The summed E-state index contributed by atoms with van der Waals surface area (Å²) < 4.78 is 3.29. The smallest absolute Gasteiger partial charge is 0.307 e. The average Bonchev–Trinajstić information content (AvgIpc) is 3.40. The predicted molar refractivity (Wildman–Crippen MR) is 109 cm³/mol. The monoisotopic (exact) mass is 385 g/mol. The van der Waals surface area contributed by atoms with Gasteiger partial charge < -0.3 is 5.32 Å². The molecule has 0 saturated carbocycles. The second kappa shape index (κ2) is 6.67. The normalized spacial score (nSPS) is 20.6. The highest BCUT2D eigenvalue weighted by Gasteiger charge is 2.36. The van der Waals surface area contributed by atoms with Crippen molar-refractivity contribution in [2.45, 2.75) is 51.0 Å². The van der Waals surface area contributed by atoms with Crippen molar-refractivity contribution in [3.8, 4) is 5.69 Å². The fourth-order valence-corrected chi connectivity index (χ4v) is 5.04. The molecule has 144 valence electrons. The van der Waals surface area contributed by atoms with E-state index in [2.05, 4.69) is 38.2 Å². The minimum absolute atomic E-state index is 0.0685. The van der Waals surface area contributed by atoms with Gasteiger partial charge in [-0.15, -0.1) is 11.8 Å². The van der Waals surface area contributed by atoms with E-state index >= 15 is 0 Å². The van der Waals surface area contributed by atoms with E-state index in [0.29, 0.717) is 18.2 Å². The minimum Gasteiger partial charge on any atom is -0.307 e. The molecule has 0 amide bonds. The van der Waals surface area contributed by atoms with Gasteiger partial charge in [0.05, 0.1) is 11.4 Å². The molecule has 2 heterocycles. The van der Waals surface area contributed by atoms with Gasteiger partial charge in [0.15, 0.2) is 5.78 Å². The molecule has 1 unspecified atom stereocenters. The van der Waals surface area contributed by atoms with Crippen LogP contribution in [0.1, 0.15) is 61.4 Å². The zero-order valence-electron chi connectivity index (χ0n) is 16.5. The highest BCUT2D eigenvalue weighted by molar-refractivity contribution is 7.99. The molecule has 0 spiro atoms. The first-order valence-corrected chi connectivity index (χ1v) is 10.7. The van der Waals surface area contributed by atoms with Crippen LogP contribution in [0.3, 0.4) is 0 Å². The number of Topliss-reactive ketones (excluding diaryl/α,β-unsaturated/α-hetero) is 1. The summed E-state index contributed by atoms with van der Waals surface area (Å²) in [7, 11) is 1.71. The lowest BCUT2D eigenvalue weighted by molar-refractivity contribution is 0.0901. The number of imidazole rings is 1. The number of hydrogen-bond acceptors (Lipinski definition) is 4. The van der Waals surface area contributed by atoms with E-state index in [1.165, 1.54) is 15.0 Å². The Balaban J connectivity index is 1.86. The number of carbonyl (C=O) groups excluding carboxylic acids is 1. The van der Waals surface area contributed by atoms with E-state index in [9.17, 15) is 9.59 Å². The molecule has 4 rings (SSSR count). The van der Waals surface area contributed by atoms with Crippen molar-refractivity contribution in [3.63, 3.8) is 0 Å². The van der Waals surface area contributed by atoms with Crippen LogP contribution >= 0.6 is 11.8 Å². The summed E-state index contributed by atoms with van der Waals surface area (Å²) in [6.45, 7) is 7.39. The number of rotatable bonds is 5. The molecule has 1 aromatic heterocycles. The Labute approximate surface area is 164 Å². The third-order valence-electron chi connectivity index (χ3n) is 5.41. The summed E-state index contributed by atoms with van der Waals surface area (Å²) in [4.78, 5) is 26.9. The van der Waals surface area contributed by atoms with Gasteiger partial charge in [0, 0.05) is 31.0 Å². The SMILES string of the molecule is CCCSc1cc(-n2c3c(n(C)c2=O)C(=O)CC(C)(C)C3)ccc1C1CN1. The molecule has 1 aliphatic heterocycles. The van der Waals surface area contributed by atoms with Gasteiger partial charge in [-0.3, -0.25) is 13.9 Å². The molecule has 1 aromatic carbocycles. The Morgan fingerprint density at radius 3 is 2.67 bits per heavy atom. The quantitative estimate of drug-likeness (QED) is 0.632. The number of fused-ring (bicyclic) bond motifs is 1. The first-order valence-electron chi connectivity index (χ1n) is 9.66. The van der Waals surface area contributed by atoms with Crippen LogP contribution in [0.15, 0.2) is 27.9 Å². The lowest BCUT2D eigenvalue weighted by Gasteiger charge is -2.29. The van der Waals surface area contributed by atoms with Gasteiger partial charge in [0.1, 0.15) is 5.69 Å². The third kappa shape index (κ3) is 3.29. The van der Waals surface area contributed by atoms with Gasteiger partial charge >= 0.3 is 5.69 Å². The Bertz CT molecular complexity index is 967. The van der Waals surface area contributed by atoms with E-state index < -0.39 is 0 Å². The van der Waals surface area contributed by atoms with Crippen LogP contribution < -0.4 is 11.0 Å². The number of thioether (sulfide) groups is 1.